The van der Waals surface area contributed by atoms with Crippen LogP contribution < -0.4 is 0 Å². The minimum Gasteiger partial charge on any atom is -0.368 e. The van der Waals surface area contributed by atoms with E-state index in [1.165, 1.54) is 0 Å². The molecule has 0 aromatic heterocycles. The van der Waals surface area contributed by atoms with E-state index in [4.69, 9.17) is 4.74 Å². The predicted molar refractivity (Wildman–Crippen MR) is 62.5 cm³/mol. The highest BCUT2D eigenvalue weighted by Gasteiger charge is 2.28. The second-order valence-electron chi connectivity index (χ2n) is 3.53. The molecule has 1 aliphatic rings. The monoisotopic (exact) mass is 306 g/mol. The number of ether oxygens (including phenoxy) is 1. The molecule has 16 heavy (non-hydrogen) atoms. The van der Waals surface area contributed by atoms with Crippen LogP contribution in [0.3, 0.4) is 0 Å². The van der Waals surface area contributed by atoms with Gasteiger partial charge in [0.05, 0.1) is 19.8 Å². The molecule has 1 aromatic rings. The van der Waals surface area contributed by atoms with Crippen molar-refractivity contribution in [2.24, 2.45) is 0 Å². The number of hydrogen-bond acceptors (Lipinski definition) is 4. The average Bonchev–Trinajstić information content (AvgIpc) is 2.60. The lowest BCUT2D eigenvalue weighted by Crippen LogP contribution is -2.15. The van der Waals surface area contributed by atoms with E-state index in [9.17, 15) is 8.42 Å². The average molecular weight is 307 g/mol. The summed E-state index contributed by atoms with van der Waals surface area (Å²) in [7, 11) is -2.33. The van der Waals surface area contributed by atoms with E-state index in [1.807, 2.05) is 18.2 Å². The predicted octanol–water partition coefficient (Wildman–Crippen LogP) is 2.00. The summed E-state index contributed by atoms with van der Waals surface area (Å²) in [6.45, 7) is 0.443. The van der Waals surface area contributed by atoms with Gasteiger partial charge in [0.15, 0.2) is 0 Å². The van der Waals surface area contributed by atoms with Crippen molar-refractivity contribution in [3.05, 3.63) is 33.8 Å². The Bertz CT molecular complexity index is 498. The van der Waals surface area contributed by atoms with E-state index >= 15 is 0 Å². The van der Waals surface area contributed by atoms with Gasteiger partial charge >= 0.3 is 0 Å². The van der Waals surface area contributed by atoms with Crippen LogP contribution in [0.25, 0.3) is 0 Å². The Morgan fingerprint density at radius 1 is 1.56 bits per heavy atom. The molecule has 0 fully saturated rings. The zero-order chi connectivity index (χ0) is 11.8. The first-order valence-electron chi connectivity index (χ1n) is 4.70. The van der Waals surface area contributed by atoms with Crippen molar-refractivity contribution in [3.8, 4) is 0 Å². The van der Waals surface area contributed by atoms with Gasteiger partial charge in [0, 0.05) is 4.47 Å². The Kier molecular flexibility index (Phi) is 3.34. The summed E-state index contributed by atoms with van der Waals surface area (Å²) in [5.74, 6) is -0.141. The first-order valence-corrected chi connectivity index (χ1v) is 7.07. The van der Waals surface area contributed by atoms with Gasteiger partial charge < -0.3 is 4.74 Å². The molecular weight excluding hydrogens is 296 g/mol. The number of halogens is 1. The third-order valence-electron chi connectivity index (χ3n) is 2.50. The van der Waals surface area contributed by atoms with Crippen LogP contribution in [0.5, 0.6) is 0 Å². The van der Waals surface area contributed by atoms with Crippen molar-refractivity contribution in [3.63, 3.8) is 0 Å². The Balaban J connectivity index is 2.24. The van der Waals surface area contributed by atoms with Crippen molar-refractivity contribution in [2.45, 2.75) is 12.7 Å². The van der Waals surface area contributed by atoms with Gasteiger partial charge in [0.25, 0.3) is 10.1 Å². The van der Waals surface area contributed by atoms with E-state index in [1.54, 1.807) is 0 Å². The number of rotatable bonds is 3. The van der Waals surface area contributed by atoms with Crippen molar-refractivity contribution in [1.82, 2.24) is 0 Å². The van der Waals surface area contributed by atoms with E-state index in [0.717, 1.165) is 22.7 Å². The van der Waals surface area contributed by atoms with Crippen LogP contribution in [0.2, 0.25) is 0 Å². The molecule has 1 unspecified atom stereocenters. The number of fused-ring (bicyclic) bond motifs is 1. The van der Waals surface area contributed by atoms with Gasteiger partial charge in [-0.3, -0.25) is 4.18 Å². The SMILES string of the molecule is COS(=O)(=O)CC1OCc2cc(Br)ccc21. The van der Waals surface area contributed by atoms with E-state index in [2.05, 4.69) is 20.1 Å². The number of benzene rings is 1. The van der Waals surface area contributed by atoms with Gasteiger partial charge in [-0.25, -0.2) is 0 Å². The second-order valence-corrected chi connectivity index (χ2v) is 6.23. The van der Waals surface area contributed by atoms with E-state index in [-0.39, 0.29) is 5.75 Å². The maximum atomic E-state index is 11.3. The van der Waals surface area contributed by atoms with Gasteiger partial charge in [0.1, 0.15) is 5.75 Å². The maximum Gasteiger partial charge on any atom is 0.269 e. The summed E-state index contributed by atoms with van der Waals surface area (Å²) in [5.41, 5.74) is 1.94. The zero-order valence-corrected chi connectivity index (χ0v) is 11.0. The summed E-state index contributed by atoms with van der Waals surface area (Å²) < 4.78 is 33.5. The summed E-state index contributed by atoms with van der Waals surface area (Å²) in [5, 5.41) is 0. The molecule has 0 radical (unpaired) electrons. The van der Waals surface area contributed by atoms with Gasteiger partial charge in [-0.05, 0) is 23.3 Å². The standard InChI is InChI=1S/C10H11BrO4S/c1-14-16(12,13)6-10-9-3-2-8(11)4-7(9)5-15-10/h2-4,10H,5-6H2,1H3. The number of hydrogen-bond donors (Lipinski definition) is 0. The highest BCUT2D eigenvalue weighted by Crippen LogP contribution is 2.33. The van der Waals surface area contributed by atoms with Gasteiger partial charge in [-0.1, -0.05) is 22.0 Å². The van der Waals surface area contributed by atoms with Crippen LogP contribution in [0, 0.1) is 0 Å². The topological polar surface area (TPSA) is 52.6 Å². The summed E-state index contributed by atoms with van der Waals surface area (Å²) in [4.78, 5) is 0. The quantitative estimate of drug-likeness (QED) is 0.802. The molecule has 0 N–H and O–H groups in total. The fourth-order valence-electron chi connectivity index (χ4n) is 1.68. The largest absolute Gasteiger partial charge is 0.368 e. The molecule has 0 amide bonds. The first kappa shape index (κ1) is 12.0. The molecule has 4 nitrogen and oxygen atoms in total. The molecule has 0 saturated carbocycles. The molecule has 6 heteroatoms. The molecule has 0 saturated heterocycles. The molecule has 1 atom stereocenters. The Morgan fingerprint density at radius 3 is 3.00 bits per heavy atom. The lowest BCUT2D eigenvalue weighted by molar-refractivity contribution is 0.0802. The lowest BCUT2D eigenvalue weighted by atomic mass is 10.1. The molecule has 0 bridgehead atoms. The fraction of sp³-hybridized carbons (Fsp3) is 0.400. The smallest absolute Gasteiger partial charge is 0.269 e. The Hall–Kier alpha value is -0.430. The summed E-state index contributed by atoms with van der Waals surface area (Å²) in [6, 6.07) is 5.69. The van der Waals surface area contributed by atoms with Crippen LogP contribution in [0.15, 0.2) is 22.7 Å². The van der Waals surface area contributed by atoms with Crippen molar-refractivity contribution in [2.75, 3.05) is 12.9 Å². The van der Waals surface area contributed by atoms with Crippen LogP contribution in [0.1, 0.15) is 17.2 Å². The molecule has 1 aliphatic heterocycles. The first-order chi connectivity index (χ1) is 7.52. The fourth-order valence-corrected chi connectivity index (χ4v) is 2.88. The van der Waals surface area contributed by atoms with Gasteiger partial charge in [-0.2, -0.15) is 8.42 Å². The van der Waals surface area contributed by atoms with Crippen molar-refractivity contribution in [1.29, 1.82) is 0 Å². The molecule has 2 rings (SSSR count). The molecule has 0 spiro atoms. The maximum absolute atomic E-state index is 11.3. The zero-order valence-electron chi connectivity index (χ0n) is 8.64. The van der Waals surface area contributed by atoms with Gasteiger partial charge in [-0.15, -0.1) is 0 Å². The van der Waals surface area contributed by atoms with Crippen LogP contribution >= 0.6 is 15.9 Å². The van der Waals surface area contributed by atoms with Crippen LogP contribution in [0.4, 0.5) is 0 Å². The van der Waals surface area contributed by atoms with Crippen LogP contribution in [-0.4, -0.2) is 21.3 Å². The summed E-state index contributed by atoms with van der Waals surface area (Å²) >= 11 is 3.36. The molecule has 1 heterocycles. The molecule has 0 aliphatic carbocycles. The van der Waals surface area contributed by atoms with Gasteiger partial charge in [0.2, 0.25) is 0 Å². The highest BCUT2D eigenvalue weighted by molar-refractivity contribution is 9.10. The van der Waals surface area contributed by atoms with Crippen LogP contribution in [-0.2, 0) is 25.6 Å². The summed E-state index contributed by atoms with van der Waals surface area (Å²) in [6.07, 6.45) is -0.423. The minimum atomic E-state index is -3.49. The highest BCUT2D eigenvalue weighted by atomic mass is 79.9. The molecule has 1 aromatic carbocycles. The molecule has 88 valence electrons. The molecular formula is C10H11BrO4S. The van der Waals surface area contributed by atoms with E-state index in [0.29, 0.717) is 6.61 Å². The lowest BCUT2D eigenvalue weighted by Gasteiger charge is -2.10. The Labute approximate surface area is 103 Å². The van der Waals surface area contributed by atoms with E-state index < -0.39 is 16.2 Å². The third-order valence-corrected chi connectivity index (χ3v) is 4.21. The minimum absolute atomic E-state index is 0.141. The Morgan fingerprint density at radius 2 is 2.31 bits per heavy atom. The van der Waals surface area contributed by atoms with Crippen molar-refractivity contribution < 1.29 is 17.3 Å². The third kappa shape index (κ3) is 2.45. The van der Waals surface area contributed by atoms with Crippen molar-refractivity contribution >= 4 is 26.0 Å². The normalized spacial score (nSPS) is 19.8. The second kappa shape index (κ2) is 4.44.